The Morgan fingerprint density at radius 3 is 2.03 bits per heavy atom. The van der Waals surface area contributed by atoms with E-state index in [0.29, 0.717) is 0 Å². The Balaban J connectivity index is 0.000000210. The molecule has 0 saturated heterocycles. The fourth-order valence-corrected chi connectivity index (χ4v) is 4.36. The molecule has 6 nitrogen and oxygen atoms in total. The number of fused-ring (bicyclic) bond motifs is 2. The highest BCUT2D eigenvalue weighted by Gasteiger charge is 2.22. The number of hydrogen-bond acceptors (Lipinski definition) is 6. The zero-order valence-electron chi connectivity index (χ0n) is 17.5. The highest BCUT2D eigenvalue weighted by molar-refractivity contribution is 7.99. The summed E-state index contributed by atoms with van der Waals surface area (Å²) >= 11 is 1.87. The molecule has 162 valence electrons. The second-order valence-electron chi connectivity index (χ2n) is 7.35. The van der Waals surface area contributed by atoms with Gasteiger partial charge in [0.2, 0.25) is 0 Å². The molecule has 3 aromatic carbocycles. The molecule has 4 rings (SSSR count). The van der Waals surface area contributed by atoms with Crippen LogP contribution in [0.15, 0.2) is 76.5 Å². The van der Waals surface area contributed by atoms with Gasteiger partial charge in [0.15, 0.2) is 0 Å². The maximum atomic E-state index is 10.3. The number of phenolic OH excluding ortho intramolecular Hbond substituents is 1. The van der Waals surface area contributed by atoms with Crippen molar-refractivity contribution in [3.63, 3.8) is 0 Å². The summed E-state index contributed by atoms with van der Waals surface area (Å²) in [6, 6.07) is 20.7. The minimum absolute atomic E-state index is 0.180. The van der Waals surface area contributed by atoms with Gasteiger partial charge in [-0.15, -0.1) is 0 Å². The first-order valence-electron chi connectivity index (χ1n) is 9.90. The van der Waals surface area contributed by atoms with Crippen molar-refractivity contribution in [3.05, 3.63) is 72.3 Å². The third-order valence-corrected chi connectivity index (χ3v) is 5.86. The molecular weight excluding hydrogens is 412 g/mol. The van der Waals surface area contributed by atoms with Gasteiger partial charge in [0.1, 0.15) is 17.1 Å². The molecule has 1 aliphatic rings. The van der Waals surface area contributed by atoms with E-state index in [-0.39, 0.29) is 17.1 Å². The zero-order chi connectivity index (χ0) is 22.4. The molecule has 0 atom stereocenters. The van der Waals surface area contributed by atoms with Crippen LogP contribution in [0, 0.1) is 0 Å². The number of carbonyl (C=O) groups is 1. The van der Waals surface area contributed by atoms with Crippen LogP contribution in [0.1, 0.15) is 16.8 Å². The van der Waals surface area contributed by atoms with E-state index in [0.717, 1.165) is 25.2 Å². The van der Waals surface area contributed by atoms with E-state index in [4.69, 9.17) is 15.3 Å². The van der Waals surface area contributed by atoms with Gasteiger partial charge in [-0.1, -0.05) is 36.0 Å². The lowest BCUT2D eigenvalue weighted by molar-refractivity contribution is 0.0693. The van der Waals surface area contributed by atoms with Crippen LogP contribution in [0.25, 0.3) is 0 Å². The number of benzene rings is 3. The van der Waals surface area contributed by atoms with Crippen LogP contribution >= 0.6 is 11.8 Å². The maximum absolute atomic E-state index is 10.3. The van der Waals surface area contributed by atoms with Crippen molar-refractivity contribution in [1.29, 1.82) is 0 Å². The fourth-order valence-electron chi connectivity index (χ4n) is 3.26. The Bertz CT molecular complexity index is 1010. The molecule has 0 amide bonds. The number of aromatic carboxylic acids is 1. The number of carboxylic acid groups (broad SMARTS) is 1. The third-order valence-electron chi connectivity index (χ3n) is 4.73. The predicted octanol–water partition coefficient (Wildman–Crippen LogP) is 5.04. The van der Waals surface area contributed by atoms with Gasteiger partial charge in [-0.2, -0.15) is 0 Å². The lowest BCUT2D eigenvalue weighted by Gasteiger charge is -2.33. The van der Waals surface area contributed by atoms with E-state index in [1.807, 2.05) is 11.8 Å². The minimum Gasteiger partial charge on any atom is -0.508 e. The number of para-hydroxylation sites is 2. The fraction of sp³-hybridized carbons (Fsp3) is 0.208. The number of hydrogen-bond donors (Lipinski definition) is 3. The second-order valence-corrected chi connectivity index (χ2v) is 8.44. The van der Waals surface area contributed by atoms with Gasteiger partial charge in [-0.05, 0) is 69.5 Å². The van der Waals surface area contributed by atoms with Gasteiger partial charge in [0.05, 0.1) is 11.4 Å². The first kappa shape index (κ1) is 22.5. The Hall–Kier alpha value is -3.16. The van der Waals surface area contributed by atoms with E-state index >= 15 is 0 Å². The topological polar surface area (TPSA) is 84.2 Å². The summed E-state index contributed by atoms with van der Waals surface area (Å²) in [5.41, 5.74) is 2.38. The SMILES string of the molecule is CN(C)CCCN1c2ccccc2Sc2ccccc21.O=C(O)c1cc(O)ccc1O. The highest BCUT2D eigenvalue weighted by atomic mass is 32.2. The normalized spacial score (nSPS) is 11.9. The molecule has 0 aliphatic carbocycles. The van der Waals surface area contributed by atoms with Gasteiger partial charge in [0.25, 0.3) is 0 Å². The quantitative estimate of drug-likeness (QED) is 0.482. The van der Waals surface area contributed by atoms with E-state index in [2.05, 4.69) is 72.4 Å². The average Bonchev–Trinajstić information content (AvgIpc) is 2.75. The molecule has 0 spiro atoms. The van der Waals surface area contributed by atoms with Crippen LogP contribution in [0.5, 0.6) is 11.5 Å². The van der Waals surface area contributed by atoms with Gasteiger partial charge in [0, 0.05) is 16.3 Å². The van der Waals surface area contributed by atoms with E-state index in [9.17, 15) is 4.79 Å². The molecule has 0 radical (unpaired) electrons. The number of anilines is 2. The van der Waals surface area contributed by atoms with Gasteiger partial charge < -0.3 is 25.1 Å². The monoisotopic (exact) mass is 438 g/mol. The Kier molecular flexibility index (Phi) is 7.44. The molecule has 3 aromatic rings. The molecule has 0 fully saturated rings. The van der Waals surface area contributed by atoms with Crippen molar-refractivity contribution in [2.45, 2.75) is 16.2 Å². The van der Waals surface area contributed by atoms with Crippen LogP contribution in [-0.4, -0.2) is 53.4 Å². The number of nitrogens with zero attached hydrogens (tertiary/aromatic N) is 2. The summed E-state index contributed by atoms with van der Waals surface area (Å²) in [6.45, 7) is 2.18. The summed E-state index contributed by atoms with van der Waals surface area (Å²) in [6.07, 6.45) is 1.17. The predicted molar refractivity (Wildman–Crippen MR) is 124 cm³/mol. The summed E-state index contributed by atoms with van der Waals surface area (Å²) in [5.74, 6) is -1.80. The molecule has 3 N–H and O–H groups in total. The molecule has 1 heterocycles. The lowest BCUT2D eigenvalue weighted by Crippen LogP contribution is -2.25. The van der Waals surface area contributed by atoms with Gasteiger partial charge in [-0.3, -0.25) is 0 Å². The second kappa shape index (κ2) is 10.2. The first-order valence-corrected chi connectivity index (χ1v) is 10.7. The minimum atomic E-state index is -1.27. The van der Waals surface area contributed by atoms with Crippen LogP contribution in [0.4, 0.5) is 11.4 Å². The van der Waals surface area contributed by atoms with Crippen molar-refractivity contribution >= 4 is 29.1 Å². The Morgan fingerprint density at radius 1 is 0.935 bits per heavy atom. The standard InChI is InChI=1S/C17H20N2S.C7H6O4/c1-18(2)12-7-13-19-14-8-3-5-10-16(14)20-17-11-6-4-9-15(17)19;8-4-1-2-6(9)5(3-4)7(10)11/h3-6,8-11H,7,12-13H2,1-2H3;1-3,8-9H,(H,10,11). The number of carboxylic acids is 1. The number of phenols is 2. The first-order chi connectivity index (χ1) is 14.9. The van der Waals surface area contributed by atoms with E-state index < -0.39 is 5.97 Å². The number of rotatable bonds is 5. The average molecular weight is 439 g/mol. The zero-order valence-corrected chi connectivity index (χ0v) is 18.3. The van der Waals surface area contributed by atoms with Gasteiger partial charge in [-0.25, -0.2) is 4.79 Å². The van der Waals surface area contributed by atoms with Crippen LogP contribution in [-0.2, 0) is 0 Å². The van der Waals surface area contributed by atoms with Crippen molar-refractivity contribution in [3.8, 4) is 11.5 Å². The molecule has 7 heteroatoms. The van der Waals surface area contributed by atoms with Crippen LogP contribution < -0.4 is 4.90 Å². The van der Waals surface area contributed by atoms with Crippen molar-refractivity contribution < 1.29 is 20.1 Å². The van der Waals surface area contributed by atoms with Crippen molar-refractivity contribution in [1.82, 2.24) is 4.90 Å². The molecule has 1 aliphatic heterocycles. The number of aromatic hydroxyl groups is 2. The summed E-state index contributed by atoms with van der Waals surface area (Å²) < 4.78 is 0. The smallest absolute Gasteiger partial charge is 0.339 e. The molecule has 0 aromatic heterocycles. The third kappa shape index (κ3) is 5.71. The maximum Gasteiger partial charge on any atom is 0.339 e. The molecule has 0 unspecified atom stereocenters. The lowest BCUT2D eigenvalue weighted by atomic mass is 10.2. The molecule has 0 bridgehead atoms. The summed E-state index contributed by atoms with van der Waals surface area (Å²) in [4.78, 5) is 17.7. The Morgan fingerprint density at radius 2 is 1.52 bits per heavy atom. The van der Waals surface area contributed by atoms with Crippen LogP contribution in [0.3, 0.4) is 0 Å². The molecule has 31 heavy (non-hydrogen) atoms. The molecular formula is C24H26N2O4S. The van der Waals surface area contributed by atoms with Gasteiger partial charge >= 0.3 is 5.97 Å². The van der Waals surface area contributed by atoms with E-state index in [1.165, 1.54) is 33.7 Å². The molecule has 0 saturated carbocycles. The van der Waals surface area contributed by atoms with E-state index in [1.54, 1.807) is 0 Å². The summed E-state index contributed by atoms with van der Waals surface area (Å²) in [7, 11) is 4.27. The highest BCUT2D eigenvalue weighted by Crippen LogP contribution is 2.47. The Labute approximate surface area is 186 Å². The van der Waals surface area contributed by atoms with Crippen LogP contribution in [0.2, 0.25) is 0 Å². The van der Waals surface area contributed by atoms with Crippen molar-refractivity contribution in [2.75, 3.05) is 32.1 Å². The summed E-state index contributed by atoms with van der Waals surface area (Å²) in [5, 5.41) is 26.1. The largest absolute Gasteiger partial charge is 0.508 e. The van der Waals surface area contributed by atoms with Crippen molar-refractivity contribution in [2.24, 2.45) is 0 Å².